The van der Waals surface area contributed by atoms with Crippen molar-refractivity contribution in [3.8, 4) is 0 Å². The number of hydrogen-bond donors (Lipinski definition) is 1. The molecule has 1 unspecified atom stereocenters. The van der Waals surface area contributed by atoms with E-state index in [2.05, 4.69) is 62.6 Å². The molecule has 0 radical (unpaired) electrons. The van der Waals surface area contributed by atoms with Crippen LogP contribution in [0.5, 0.6) is 0 Å². The lowest BCUT2D eigenvalue weighted by Crippen LogP contribution is -2.28. The first-order chi connectivity index (χ1) is 9.28. The molecule has 1 aromatic carbocycles. The van der Waals surface area contributed by atoms with E-state index < -0.39 is 0 Å². The molecular formula is C16H19BrN2. The summed E-state index contributed by atoms with van der Waals surface area (Å²) in [5, 5.41) is 3.41. The molecule has 1 N–H and O–H groups in total. The molecule has 0 aliphatic carbocycles. The van der Waals surface area contributed by atoms with E-state index in [1.54, 1.807) is 0 Å². The molecule has 0 aliphatic heterocycles. The van der Waals surface area contributed by atoms with Crippen LogP contribution in [0.1, 0.15) is 17.5 Å². The van der Waals surface area contributed by atoms with Crippen LogP contribution in [-0.2, 0) is 12.8 Å². The van der Waals surface area contributed by atoms with Gasteiger partial charge in [0.2, 0.25) is 0 Å². The number of likely N-dealkylation sites (N-methyl/N-ethyl adjacent to an activating group) is 1. The second-order valence-corrected chi connectivity index (χ2v) is 5.63. The predicted molar refractivity (Wildman–Crippen MR) is 83.3 cm³/mol. The van der Waals surface area contributed by atoms with Crippen LogP contribution in [0, 0.1) is 0 Å². The maximum atomic E-state index is 4.05. The Kier molecular flexibility index (Phi) is 5.55. The zero-order valence-corrected chi connectivity index (χ0v) is 12.7. The van der Waals surface area contributed by atoms with Crippen LogP contribution in [0.4, 0.5) is 0 Å². The number of benzene rings is 1. The lowest BCUT2D eigenvalue weighted by molar-refractivity contribution is 0.520. The highest BCUT2D eigenvalue weighted by Crippen LogP contribution is 2.13. The summed E-state index contributed by atoms with van der Waals surface area (Å²) in [6.45, 7) is 0. The maximum Gasteiger partial charge on any atom is 0.0270 e. The van der Waals surface area contributed by atoms with Crippen molar-refractivity contribution in [2.45, 2.75) is 25.3 Å². The maximum absolute atomic E-state index is 4.05. The van der Waals surface area contributed by atoms with E-state index in [0.29, 0.717) is 6.04 Å². The molecule has 3 heteroatoms. The summed E-state index contributed by atoms with van der Waals surface area (Å²) in [6, 6.07) is 13.3. The van der Waals surface area contributed by atoms with Gasteiger partial charge in [0.05, 0.1) is 0 Å². The van der Waals surface area contributed by atoms with Crippen molar-refractivity contribution >= 4 is 15.9 Å². The molecule has 0 amide bonds. The highest BCUT2D eigenvalue weighted by atomic mass is 79.9. The number of aryl methyl sites for hydroxylation is 1. The Hall–Kier alpha value is -1.19. The van der Waals surface area contributed by atoms with E-state index in [4.69, 9.17) is 0 Å². The molecule has 0 aliphatic rings. The molecule has 2 nitrogen and oxygen atoms in total. The summed E-state index contributed by atoms with van der Waals surface area (Å²) in [5.41, 5.74) is 2.73. The summed E-state index contributed by atoms with van der Waals surface area (Å²) in [5.74, 6) is 0. The van der Waals surface area contributed by atoms with Gasteiger partial charge in [0.25, 0.3) is 0 Å². The Morgan fingerprint density at radius 3 is 2.37 bits per heavy atom. The van der Waals surface area contributed by atoms with Crippen LogP contribution in [0.15, 0.2) is 53.3 Å². The molecule has 0 saturated heterocycles. The Morgan fingerprint density at radius 2 is 1.74 bits per heavy atom. The zero-order valence-electron chi connectivity index (χ0n) is 11.1. The Labute approximate surface area is 123 Å². The molecule has 100 valence electrons. The van der Waals surface area contributed by atoms with E-state index in [9.17, 15) is 0 Å². The van der Waals surface area contributed by atoms with Crippen molar-refractivity contribution in [2.24, 2.45) is 0 Å². The lowest BCUT2D eigenvalue weighted by Gasteiger charge is -2.16. The SMILES string of the molecule is CNC(CCc1ccncc1)Cc1ccc(Br)cc1. The first kappa shape index (κ1) is 14.2. The first-order valence-electron chi connectivity index (χ1n) is 6.58. The fourth-order valence-electron chi connectivity index (χ4n) is 2.14. The van der Waals surface area contributed by atoms with Crippen molar-refractivity contribution in [1.29, 1.82) is 0 Å². The molecule has 2 aromatic rings. The molecule has 2 rings (SSSR count). The van der Waals surface area contributed by atoms with Crippen LogP contribution in [0.25, 0.3) is 0 Å². The van der Waals surface area contributed by atoms with Crippen molar-refractivity contribution in [3.05, 3.63) is 64.4 Å². The van der Waals surface area contributed by atoms with Gasteiger partial charge in [0.1, 0.15) is 0 Å². The van der Waals surface area contributed by atoms with Crippen LogP contribution in [-0.4, -0.2) is 18.1 Å². The van der Waals surface area contributed by atoms with Gasteiger partial charge in [-0.2, -0.15) is 0 Å². The molecule has 0 spiro atoms. The highest BCUT2D eigenvalue weighted by molar-refractivity contribution is 9.10. The Bertz CT molecular complexity index is 482. The third kappa shape index (κ3) is 4.77. The standard InChI is InChI=1S/C16H19BrN2/c1-18-16(7-4-13-8-10-19-11-9-13)12-14-2-5-15(17)6-3-14/h2-3,5-6,8-11,16,18H,4,7,12H2,1H3. The van der Waals surface area contributed by atoms with E-state index in [1.807, 2.05) is 19.4 Å². The molecular weight excluding hydrogens is 300 g/mol. The molecule has 0 fully saturated rings. The third-order valence-corrected chi connectivity index (χ3v) is 3.86. The second kappa shape index (κ2) is 7.41. The van der Waals surface area contributed by atoms with E-state index in [1.165, 1.54) is 11.1 Å². The van der Waals surface area contributed by atoms with E-state index >= 15 is 0 Å². The normalized spacial score (nSPS) is 12.3. The average molecular weight is 319 g/mol. The van der Waals surface area contributed by atoms with Gasteiger partial charge in [-0.25, -0.2) is 0 Å². The number of aromatic nitrogens is 1. The van der Waals surface area contributed by atoms with Crippen molar-refractivity contribution in [3.63, 3.8) is 0 Å². The number of nitrogens with zero attached hydrogens (tertiary/aromatic N) is 1. The molecule has 1 atom stereocenters. The van der Waals surface area contributed by atoms with Crippen molar-refractivity contribution < 1.29 is 0 Å². The van der Waals surface area contributed by atoms with Gasteiger partial charge in [-0.05, 0) is 61.7 Å². The molecule has 19 heavy (non-hydrogen) atoms. The van der Waals surface area contributed by atoms with Crippen LogP contribution in [0.2, 0.25) is 0 Å². The van der Waals surface area contributed by atoms with Gasteiger partial charge in [-0.3, -0.25) is 4.98 Å². The molecule has 1 heterocycles. The predicted octanol–water partition coefficient (Wildman–Crippen LogP) is 3.61. The quantitative estimate of drug-likeness (QED) is 0.880. The van der Waals surface area contributed by atoms with E-state index in [-0.39, 0.29) is 0 Å². The van der Waals surface area contributed by atoms with Crippen LogP contribution < -0.4 is 5.32 Å². The van der Waals surface area contributed by atoms with Crippen molar-refractivity contribution in [1.82, 2.24) is 10.3 Å². The largest absolute Gasteiger partial charge is 0.317 e. The number of pyridine rings is 1. The van der Waals surface area contributed by atoms with Gasteiger partial charge < -0.3 is 5.32 Å². The highest BCUT2D eigenvalue weighted by Gasteiger charge is 2.07. The van der Waals surface area contributed by atoms with E-state index in [0.717, 1.165) is 23.7 Å². The molecule has 1 aromatic heterocycles. The Balaban J connectivity index is 1.88. The summed E-state index contributed by atoms with van der Waals surface area (Å²) in [6.07, 6.45) is 7.01. The molecule has 0 saturated carbocycles. The third-order valence-electron chi connectivity index (χ3n) is 3.33. The van der Waals surface area contributed by atoms with Crippen LogP contribution >= 0.6 is 15.9 Å². The van der Waals surface area contributed by atoms with Crippen LogP contribution in [0.3, 0.4) is 0 Å². The summed E-state index contributed by atoms with van der Waals surface area (Å²) in [7, 11) is 2.04. The fraction of sp³-hybridized carbons (Fsp3) is 0.312. The van der Waals surface area contributed by atoms with Gasteiger partial charge >= 0.3 is 0 Å². The zero-order chi connectivity index (χ0) is 13.5. The smallest absolute Gasteiger partial charge is 0.0270 e. The van der Waals surface area contributed by atoms with Gasteiger partial charge in [0, 0.05) is 22.9 Å². The summed E-state index contributed by atoms with van der Waals surface area (Å²) in [4.78, 5) is 4.05. The monoisotopic (exact) mass is 318 g/mol. The minimum Gasteiger partial charge on any atom is -0.317 e. The minimum absolute atomic E-state index is 0.509. The second-order valence-electron chi connectivity index (χ2n) is 4.71. The van der Waals surface area contributed by atoms with Gasteiger partial charge in [0.15, 0.2) is 0 Å². The summed E-state index contributed by atoms with van der Waals surface area (Å²) >= 11 is 3.47. The number of nitrogens with one attached hydrogen (secondary N) is 1. The number of hydrogen-bond acceptors (Lipinski definition) is 2. The van der Waals surface area contributed by atoms with Gasteiger partial charge in [-0.1, -0.05) is 28.1 Å². The average Bonchev–Trinajstić information content (AvgIpc) is 2.46. The Morgan fingerprint density at radius 1 is 1.05 bits per heavy atom. The summed E-state index contributed by atoms with van der Waals surface area (Å²) < 4.78 is 1.13. The topological polar surface area (TPSA) is 24.9 Å². The molecule has 0 bridgehead atoms. The number of rotatable bonds is 6. The lowest BCUT2D eigenvalue weighted by atomic mass is 10.00. The van der Waals surface area contributed by atoms with Crippen molar-refractivity contribution in [2.75, 3.05) is 7.05 Å². The minimum atomic E-state index is 0.509. The van der Waals surface area contributed by atoms with Gasteiger partial charge in [-0.15, -0.1) is 0 Å². The number of halogens is 1. The first-order valence-corrected chi connectivity index (χ1v) is 7.38. The fourth-order valence-corrected chi connectivity index (χ4v) is 2.41.